The van der Waals surface area contributed by atoms with Crippen LogP contribution in [-0.2, 0) is 10.2 Å². The highest BCUT2D eigenvalue weighted by atomic mass is 79.9. The van der Waals surface area contributed by atoms with Crippen molar-refractivity contribution in [1.82, 2.24) is 4.31 Å². The van der Waals surface area contributed by atoms with Crippen molar-refractivity contribution in [2.75, 3.05) is 17.8 Å². The van der Waals surface area contributed by atoms with Gasteiger partial charge in [0, 0.05) is 23.6 Å². The molecule has 3 N–H and O–H groups in total. The van der Waals surface area contributed by atoms with E-state index >= 15 is 0 Å². The summed E-state index contributed by atoms with van der Waals surface area (Å²) in [4.78, 5) is 0. The van der Waals surface area contributed by atoms with Crippen LogP contribution < -0.4 is 10.5 Å². The van der Waals surface area contributed by atoms with Crippen molar-refractivity contribution in [1.29, 1.82) is 0 Å². The molecule has 0 aromatic heterocycles. The van der Waals surface area contributed by atoms with Gasteiger partial charge in [-0.25, -0.2) is 0 Å². The molecule has 7 heteroatoms. The molecule has 0 spiro atoms. The Morgan fingerprint density at radius 1 is 1.45 bits per heavy atom. The first-order valence-electron chi connectivity index (χ1n) is 6.70. The maximum atomic E-state index is 12.5. The third-order valence-electron chi connectivity index (χ3n) is 3.56. The molecule has 1 fully saturated rings. The molecule has 1 aliphatic rings. The lowest BCUT2D eigenvalue weighted by Gasteiger charge is -2.33. The summed E-state index contributed by atoms with van der Waals surface area (Å²) in [6.07, 6.45) is 2.75. The number of piperidine rings is 1. The average Bonchev–Trinajstić information content (AvgIpc) is 2.42. The summed E-state index contributed by atoms with van der Waals surface area (Å²) in [6, 6.07) is 5.29. The summed E-state index contributed by atoms with van der Waals surface area (Å²) >= 11 is 3.40. The Bertz CT molecular complexity index is 577. The molecule has 2 rings (SSSR count). The molecule has 1 heterocycles. The van der Waals surface area contributed by atoms with Crippen molar-refractivity contribution in [2.45, 2.75) is 32.2 Å². The molecular weight excluding hydrogens is 342 g/mol. The number of hydrogen-bond donors (Lipinski definition) is 2. The van der Waals surface area contributed by atoms with Gasteiger partial charge in [0.25, 0.3) is 0 Å². The zero-order chi connectivity index (χ0) is 14.8. The first kappa shape index (κ1) is 15.8. The second-order valence-corrected chi connectivity index (χ2v) is 7.54. The minimum absolute atomic E-state index is 0.0993. The number of nitrogens with zero attached hydrogens (tertiary/aromatic N) is 1. The predicted molar refractivity (Wildman–Crippen MR) is 84.8 cm³/mol. The van der Waals surface area contributed by atoms with E-state index in [1.807, 2.05) is 19.1 Å². The number of nitrogens with two attached hydrogens (primary N) is 1. The summed E-state index contributed by atoms with van der Waals surface area (Å²) in [5.41, 5.74) is 7.25. The number of rotatable bonds is 4. The Kier molecular flexibility index (Phi) is 5.06. The molecule has 0 radical (unpaired) electrons. The van der Waals surface area contributed by atoms with Gasteiger partial charge < -0.3 is 5.73 Å². The number of benzene rings is 1. The van der Waals surface area contributed by atoms with Gasteiger partial charge in [-0.1, -0.05) is 22.4 Å². The van der Waals surface area contributed by atoms with E-state index in [9.17, 15) is 8.42 Å². The van der Waals surface area contributed by atoms with Gasteiger partial charge in [0.05, 0.1) is 5.69 Å². The largest absolute Gasteiger partial charge is 0.329 e. The molecule has 1 aliphatic heterocycles. The van der Waals surface area contributed by atoms with E-state index in [0.717, 1.165) is 29.3 Å². The van der Waals surface area contributed by atoms with E-state index < -0.39 is 10.2 Å². The van der Waals surface area contributed by atoms with Gasteiger partial charge in [0.15, 0.2) is 0 Å². The maximum Gasteiger partial charge on any atom is 0.301 e. The maximum absolute atomic E-state index is 12.5. The van der Waals surface area contributed by atoms with Gasteiger partial charge in [-0.05, 0) is 43.5 Å². The summed E-state index contributed by atoms with van der Waals surface area (Å²) in [7, 11) is -3.54. The SMILES string of the molecule is Cc1cc(NS(=O)(=O)N2CCCCC2CN)ccc1Br. The lowest BCUT2D eigenvalue weighted by Crippen LogP contribution is -2.49. The lowest BCUT2D eigenvalue weighted by molar-refractivity contribution is 0.259. The van der Waals surface area contributed by atoms with Gasteiger partial charge in [0.2, 0.25) is 0 Å². The predicted octanol–water partition coefficient (Wildman–Crippen LogP) is 2.23. The van der Waals surface area contributed by atoms with Crippen molar-refractivity contribution >= 4 is 31.8 Å². The summed E-state index contributed by atoms with van der Waals surface area (Å²) in [5.74, 6) is 0. The molecule has 112 valence electrons. The highest BCUT2D eigenvalue weighted by Gasteiger charge is 2.31. The van der Waals surface area contributed by atoms with Crippen LogP contribution in [0, 0.1) is 6.92 Å². The summed E-state index contributed by atoms with van der Waals surface area (Å²) < 4.78 is 30.0. The highest BCUT2D eigenvalue weighted by Crippen LogP contribution is 2.24. The minimum Gasteiger partial charge on any atom is -0.329 e. The van der Waals surface area contributed by atoms with E-state index in [2.05, 4.69) is 20.7 Å². The number of hydrogen-bond acceptors (Lipinski definition) is 3. The Labute approximate surface area is 128 Å². The normalized spacial score (nSPS) is 20.9. The number of aryl methyl sites for hydroxylation is 1. The first-order valence-corrected chi connectivity index (χ1v) is 8.93. The molecule has 0 bridgehead atoms. The third-order valence-corrected chi connectivity index (χ3v) is 6.04. The zero-order valence-corrected chi connectivity index (χ0v) is 13.9. The monoisotopic (exact) mass is 361 g/mol. The molecule has 0 saturated carbocycles. The van der Waals surface area contributed by atoms with Crippen LogP contribution in [0.2, 0.25) is 0 Å². The first-order chi connectivity index (χ1) is 9.44. The van der Waals surface area contributed by atoms with Gasteiger partial charge >= 0.3 is 10.2 Å². The van der Waals surface area contributed by atoms with E-state index in [0.29, 0.717) is 18.8 Å². The molecule has 1 aromatic carbocycles. The van der Waals surface area contributed by atoms with Gasteiger partial charge in [-0.15, -0.1) is 0 Å². The molecule has 1 aromatic rings. The number of anilines is 1. The van der Waals surface area contributed by atoms with Crippen LogP contribution in [0.5, 0.6) is 0 Å². The van der Waals surface area contributed by atoms with Crippen LogP contribution in [0.15, 0.2) is 22.7 Å². The fourth-order valence-corrected chi connectivity index (χ4v) is 4.18. The van der Waals surface area contributed by atoms with E-state index in [-0.39, 0.29) is 6.04 Å². The topological polar surface area (TPSA) is 75.4 Å². The van der Waals surface area contributed by atoms with Gasteiger partial charge in [0.1, 0.15) is 0 Å². The van der Waals surface area contributed by atoms with Crippen LogP contribution in [0.1, 0.15) is 24.8 Å². The fourth-order valence-electron chi connectivity index (χ4n) is 2.44. The molecule has 20 heavy (non-hydrogen) atoms. The molecular formula is C13H20BrN3O2S. The molecule has 5 nitrogen and oxygen atoms in total. The minimum atomic E-state index is -3.54. The lowest BCUT2D eigenvalue weighted by atomic mass is 10.1. The van der Waals surface area contributed by atoms with Crippen molar-refractivity contribution in [3.8, 4) is 0 Å². The van der Waals surface area contributed by atoms with Crippen LogP contribution in [0.4, 0.5) is 5.69 Å². The molecule has 1 unspecified atom stereocenters. The Morgan fingerprint density at radius 2 is 2.20 bits per heavy atom. The van der Waals surface area contributed by atoms with Crippen molar-refractivity contribution < 1.29 is 8.42 Å². The molecule has 0 amide bonds. The molecule has 1 saturated heterocycles. The van der Waals surface area contributed by atoms with Crippen LogP contribution >= 0.6 is 15.9 Å². The standard InChI is InChI=1S/C13H20BrN3O2S/c1-10-8-11(5-6-13(10)14)16-20(18,19)17-7-3-2-4-12(17)9-15/h5-6,8,12,16H,2-4,7,9,15H2,1H3. The van der Waals surface area contributed by atoms with E-state index in [1.54, 1.807) is 6.07 Å². The zero-order valence-electron chi connectivity index (χ0n) is 11.5. The highest BCUT2D eigenvalue weighted by molar-refractivity contribution is 9.10. The van der Waals surface area contributed by atoms with Crippen molar-refractivity contribution in [2.24, 2.45) is 5.73 Å². The van der Waals surface area contributed by atoms with Crippen LogP contribution in [0.3, 0.4) is 0 Å². The quantitative estimate of drug-likeness (QED) is 0.863. The summed E-state index contributed by atoms with van der Waals surface area (Å²) in [5, 5.41) is 0. The van der Waals surface area contributed by atoms with Crippen molar-refractivity contribution in [3.05, 3.63) is 28.2 Å². The second kappa shape index (κ2) is 6.43. The second-order valence-electron chi connectivity index (χ2n) is 5.07. The molecule has 0 aliphatic carbocycles. The third kappa shape index (κ3) is 3.52. The number of nitrogens with one attached hydrogen (secondary N) is 1. The van der Waals surface area contributed by atoms with Crippen LogP contribution in [0.25, 0.3) is 0 Å². The van der Waals surface area contributed by atoms with Gasteiger partial charge in [-0.2, -0.15) is 12.7 Å². The molecule has 1 atom stereocenters. The summed E-state index contributed by atoms with van der Waals surface area (Å²) in [6.45, 7) is 2.82. The van der Waals surface area contributed by atoms with E-state index in [4.69, 9.17) is 5.73 Å². The average molecular weight is 362 g/mol. The van der Waals surface area contributed by atoms with E-state index in [1.165, 1.54) is 4.31 Å². The van der Waals surface area contributed by atoms with Gasteiger partial charge in [-0.3, -0.25) is 4.72 Å². The Hall–Kier alpha value is -0.630. The van der Waals surface area contributed by atoms with Crippen LogP contribution in [-0.4, -0.2) is 31.9 Å². The smallest absolute Gasteiger partial charge is 0.301 e. The van der Waals surface area contributed by atoms with Crippen molar-refractivity contribution in [3.63, 3.8) is 0 Å². The fraction of sp³-hybridized carbons (Fsp3) is 0.538. The Balaban J connectivity index is 2.19. The number of halogens is 1. The Morgan fingerprint density at radius 3 is 2.85 bits per heavy atom.